The van der Waals surface area contributed by atoms with Crippen molar-refractivity contribution in [3.8, 4) is 11.5 Å². The summed E-state index contributed by atoms with van der Waals surface area (Å²) in [6, 6.07) is 3.30. The highest BCUT2D eigenvalue weighted by atomic mass is 16.3. The maximum Gasteiger partial charge on any atom is 0.157 e. The molecule has 3 aliphatic carbocycles. The quantitative estimate of drug-likeness (QED) is 0.643. The number of aromatic hydroxyl groups is 2. The zero-order chi connectivity index (χ0) is 17.5. The van der Waals surface area contributed by atoms with Crippen molar-refractivity contribution in [3.63, 3.8) is 0 Å². The van der Waals surface area contributed by atoms with Gasteiger partial charge in [0.1, 0.15) is 0 Å². The summed E-state index contributed by atoms with van der Waals surface area (Å²) in [7, 11) is 0. The molecule has 3 N–H and O–H groups in total. The molecule has 0 aliphatic heterocycles. The monoisotopic (exact) mass is 291 g/mol. The molecule has 2 saturated carbocycles. The third-order valence-electron chi connectivity index (χ3n) is 6.24. The van der Waals surface area contributed by atoms with Gasteiger partial charge in [0, 0.05) is 2.74 Å². The molecule has 21 heavy (non-hydrogen) atoms. The molecule has 3 nitrogen and oxygen atoms in total. The third-order valence-corrected chi connectivity index (χ3v) is 6.24. The van der Waals surface area contributed by atoms with E-state index in [1.165, 1.54) is 0 Å². The molecule has 114 valence electrons. The van der Waals surface area contributed by atoms with E-state index in [4.69, 9.17) is 4.11 Å². The van der Waals surface area contributed by atoms with Crippen LogP contribution in [-0.4, -0.2) is 21.4 Å². The Bertz CT molecular complexity index is 703. The van der Waals surface area contributed by atoms with E-state index in [1.807, 2.05) is 6.92 Å². The van der Waals surface area contributed by atoms with Crippen LogP contribution in [-0.2, 0) is 6.42 Å². The molecule has 0 radical (unpaired) electrons. The van der Waals surface area contributed by atoms with Crippen molar-refractivity contribution in [3.05, 3.63) is 23.3 Å². The van der Waals surface area contributed by atoms with E-state index in [9.17, 15) is 15.3 Å². The fraction of sp³-hybridized carbons (Fsp3) is 0.667. The minimum atomic E-state index is -2.06. The topological polar surface area (TPSA) is 60.7 Å². The van der Waals surface area contributed by atoms with Crippen molar-refractivity contribution in [2.45, 2.75) is 57.4 Å². The van der Waals surface area contributed by atoms with Crippen LogP contribution in [0.1, 0.15) is 60.1 Å². The number of aliphatic hydroxyl groups is 1. The lowest BCUT2D eigenvalue weighted by molar-refractivity contribution is -0.0226. The number of hydrogen-bond donors (Lipinski definition) is 3. The highest BCUT2D eigenvalue weighted by Crippen LogP contribution is 2.61. The normalized spacial score (nSPS) is 49.2. The zero-order valence-electron chi connectivity index (χ0n) is 15.3. The molecular weight excluding hydrogens is 264 g/mol. The Morgan fingerprint density at radius 2 is 2.00 bits per heavy atom. The van der Waals surface area contributed by atoms with E-state index in [0.717, 1.165) is 30.4 Å². The molecule has 4 rings (SSSR count). The minimum Gasteiger partial charge on any atom is -0.504 e. The first kappa shape index (κ1) is 10.5. The van der Waals surface area contributed by atoms with Crippen LogP contribution in [0.4, 0.5) is 0 Å². The minimum absolute atomic E-state index is 0.0437. The van der Waals surface area contributed by atoms with Crippen LogP contribution in [0, 0.1) is 17.3 Å². The van der Waals surface area contributed by atoms with Crippen LogP contribution in [0.25, 0.3) is 0 Å². The molecule has 1 aromatic rings. The van der Waals surface area contributed by atoms with Gasteiger partial charge in [0.15, 0.2) is 11.5 Å². The summed E-state index contributed by atoms with van der Waals surface area (Å²) in [4.78, 5) is 0. The summed E-state index contributed by atoms with van der Waals surface area (Å²) in [5.41, 5.74) is 1.36. The fourth-order valence-corrected chi connectivity index (χ4v) is 5.00. The maximum absolute atomic E-state index is 10.7. The van der Waals surface area contributed by atoms with Gasteiger partial charge >= 0.3 is 0 Å². The summed E-state index contributed by atoms with van der Waals surface area (Å²) < 4.78 is 24.7. The van der Waals surface area contributed by atoms with E-state index in [-0.39, 0.29) is 35.7 Å². The number of hydrogen-bond acceptors (Lipinski definition) is 3. The smallest absolute Gasteiger partial charge is 0.157 e. The maximum atomic E-state index is 10.7. The highest BCUT2D eigenvalue weighted by molar-refractivity contribution is 5.48. The molecule has 5 atom stereocenters. The summed E-state index contributed by atoms with van der Waals surface area (Å²) in [6.45, 7) is 1.87. The van der Waals surface area contributed by atoms with Gasteiger partial charge in [-0.2, -0.15) is 0 Å². The molecule has 2 unspecified atom stereocenters. The number of rotatable bonds is 0. The summed E-state index contributed by atoms with van der Waals surface area (Å²) >= 11 is 0. The van der Waals surface area contributed by atoms with Gasteiger partial charge in [-0.05, 0) is 84.9 Å². The lowest BCUT2D eigenvalue weighted by atomic mass is 9.55. The van der Waals surface area contributed by atoms with Crippen molar-refractivity contribution in [2.24, 2.45) is 17.3 Å². The van der Waals surface area contributed by atoms with Gasteiger partial charge in [-0.1, -0.05) is 6.92 Å². The van der Waals surface area contributed by atoms with Crippen LogP contribution in [0.3, 0.4) is 0 Å². The van der Waals surface area contributed by atoms with Crippen molar-refractivity contribution in [2.75, 3.05) is 0 Å². The molecule has 3 heteroatoms. The van der Waals surface area contributed by atoms with Crippen LogP contribution in [0.15, 0.2) is 12.1 Å². The molecule has 0 saturated heterocycles. The van der Waals surface area contributed by atoms with Gasteiger partial charge in [0.25, 0.3) is 0 Å². The highest BCUT2D eigenvalue weighted by Gasteiger charge is 2.54. The molecule has 2 fully saturated rings. The Labute approximate surface area is 129 Å². The van der Waals surface area contributed by atoms with Crippen LogP contribution in [0.2, 0.25) is 0 Å². The molecule has 0 heterocycles. The number of aryl methyl sites for hydroxylation is 1. The van der Waals surface area contributed by atoms with Gasteiger partial charge < -0.3 is 15.3 Å². The van der Waals surface area contributed by atoms with Crippen molar-refractivity contribution in [1.82, 2.24) is 0 Å². The first-order valence-electron chi connectivity index (χ1n) is 9.35. The van der Waals surface area contributed by atoms with Gasteiger partial charge in [0.05, 0.1) is 7.45 Å². The lowest BCUT2D eigenvalue weighted by Gasteiger charge is -2.50. The van der Waals surface area contributed by atoms with Gasteiger partial charge in [0.2, 0.25) is 0 Å². The van der Waals surface area contributed by atoms with E-state index in [1.54, 1.807) is 12.1 Å². The summed E-state index contributed by atoms with van der Waals surface area (Å²) in [5, 5.41) is 30.3. The SMILES string of the molecule is [2H]C1([2H])CC2[C@@H]3CCc4cc(O)c(O)cc4C3CC[C@]2(C)[C@@]1([2H])O. The number of phenols is 2. The Kier molecular flexibility index (Phi) is 2.19. The average Bonchev–Trinajstić information content (AvgIpc) is 2.64. The van der Waals surface area contributed by atoms with Crippen molar-refractivity contribution >= 4 is 0 Å². The van der Waals surface area contributed by atoms with Gasteiger partial charge in [-0.15, -0.1) is 0 Å². The molecule has 1 aromatic carbocycles. The lowest BCUT2D eigenvalue weighted by Crippen LogP contribution is -2.43. The number of phenolic OH excluding ortho intramolecular Hbond substituents is 2. The molecule has 0 spiro atoms. The van der Waals surface area contributed by atoms with E-state index in [0.29, 0.717) is 6.42 Å². The standard InChI is InChI=1S/C18H24O3/c1-18-7-6-11-12(14(18)4-5-17(18)21)3-2-10-8-15(19)16(20)9-13(10)11/h8-9,11-12,14,17,19-21H,2-7H2,1H3/t11?,12-,14?,17+,18+/m1/s1/i5D2,17D. The average molecular weight is 291 g/mol. The molecule has 0 aromatic heterocycles. The Morgan fingerprint density at radius 1 is 1.24 bits per heavy atom. The Morgan fingerprint density at radius 3 is 2.81 bits per heavy atom. The van der Waals surface area contributed by atoms with Gasteiger partial charge in [-0.3, -0.25) is 0 Å². The second-order valence-corrected chi connectivity index (χ2v) is 7.14. The van der Waals surface area contributed by atoms with Crippen molar-refractivity contribution < 1.29 is 19.4 Å². The summed E-state index contributed by atoms with van der Waals surface area (Å²) in [5.74, 6) is 0.155. The van der Waals surface area contributed by atoms with E-state index < -0.39 is 17.9 Å². The number of fused-ring (bicyclic) bond motifs is 5. The summed E-state index contributed by atoms with van der Waals surface area (Å²) in [6.07, 6.45) is -0.744. The second-order valence-electron chi connectivity index (χ2n) is 7.14. The molecule has 0 bridgehead atoms. The predicted octanol–water partition coefficient (Wildman–Crippen LogP) is 3.31. The zero-order valence-corrected chi connectivity index (χ0v) is 12.3. The first-order valence-corrected chi connectivity index (χ1v) is 7.85. The Balaban J connectivity index is 1.76. The van der Waals surface area contributed by atoms with Crippen molar-refractivity contribution in [1.29, 1.82) is 0 Å². The molecule has 0 amide bonds. The largest absolute Gasteiger partial charge is 0.504 e. The second kappa shape index (κ2) is 4.39. The van der Waals surface area contributed by atoms with Gasteiger partial charge in [-0.25, -0.2) is 0 Å². The van der Waals surface area contributed by atoms with E-state index in [2.05, 4.69) is 0 Å². The third kappa shape index (κ3) is 1.76. The van der Waals surface area contributed by atoms with E-state index >= 15 is 0 Å². The van der Waals surface area contributed by atoms with Crippen LogP contribution < -0.4 is 0 Å². The molecular formula is C18H24O3. The van der Waals surface area contributed by atoms with Crippen LogP contribution in [0.5, 0.6) is 11.5 Å². The first-order chi connectivity index (χ1) is 11.1. The predicted molar refractivity (Wildman–Crippen MR) is 80.4 cm³/mol. The van der Waals surface area contributed by atoms with Crippen LogP contribution >= 0.6 is 0 Å². The Hall–Kier alpha value is -1.22. The molecule has 3 aliphatic rings. The fourth-order valence-electron chi connectivity index (χ4n) is 5.00. The number of benzene rings is 1.